The Morgan fingerprint density at radius 1 is 0.875 bits per heavy atom. The monoisotopic (exact) mass is 318 g/mol. The van der Waals surface area contributed by atoms with Crippen molar-refractivity contribution in [2.75, 3.05) is 11.5 Å². The first kappa shape index (κ1) is 15.6. The third-order valence-corrected chi connectivity index (χ3v) is 3.69. The van der Waals surface area contributed by atoms with Gasteiger partial charge in [-0.05, 0) is 65.7 Å². The van der Waals surface area contributed by atoms with Crippen molar-refractivity contribution in [3.05, 3.63) is 71.8 Å². The summed E-state index contributed by atoms with van der Waals surface area (Å²) in [6.07, 6.45) is 1.77. The lowest BCUT2D eigenvalue weighted by Gasteiger charge is -2.07. The largest absolute Gasteiger partial charge is 0.423 e. The van der Waals surface area contributed by atoms with Gasteiger partial charge in [0, 0.05) is 16.9 Å². The Bertz CT molecular complexity index is 928. The lowest BCUT2D eigenvalue weighted by molar-refractivity contribution is -0.130. The van der Waals surface area contributed by atoms with E-state index in [9.17, 15) is 4.79 Å². The minimum absolute atomic E-state index is 0.387. The van der Waals surface area contributed by atoms with Crippen molar-refractivity contribution >= 4 is 34.2 Å². The van der Waals surface area contributed by atoms with Gasteiger partial charge in [-0.1, -0.05) is 24.3 Å². The van der Waals surface area contributed by atoms with E-state index >= 15 is 0 Å². The fraction of sp³-hybridized carbons (Fsp3) is 0.0500. The summed E-state index contributed by atoms with van der Waals surface area (Å²) >= 11 is 0. The van der Waals surface area contributed by atoms with Crippen LogP contribution in [-0.4, -0.2) is 5.97 Å². The van der Waals surface area contributed by atoms with Crippen LogP contribution in [0.4, 0.5) is 11.4 Å². The molecule has 0 saturated carbocycles. The predicted molar refractivity (Wildman–Crippen MR) is 98.5 cm³/mol. The molecule has 0 atom stereocenters. The molecule has 0 unspecified atom stereocenters. The topological polar surface area (TPSA) is 78.3 Å². The number of anilines is 2. The number of esters is 1. The lowest BCUT2D eigenvalue weighted by atomic mass is 10.1. The number of carbonyl (C=O) groups excluding carboxylic acids is 1. The summed E-state index contributed by atoms with van der Waals surface area (Å²) in [5.41, 5.74) is 14.2. The van der Waals surface area contributed by atoms with Crippen molar-refractivity contribution < 1.29 is 9.53 Å². The van der Waals surface area contributed by atoms with Crippen LogP contribution in [0.5, 0.6) is 5.75 Å². The Hall–Kier alpha value is -3.27. The molecule has 0 radical (unpaired) electrons. The van der Waals surface area contributed by atoms with Gasteiger partial charge in [0.1, 0.15) is 5.75 Å². The average molecular weight is 318 g/mol. The normalized spacial score (nSPS) is 11.5. The third-order valence-electron chi connectivity index (χ3n) is 3.69. The first-order valence-electron chi connectivity index (χ1n) is 7.56. The number of nitrogens with two attached hydrogens (primary N) is 2. The molecule has 24 heavy (non-hydrogen) atoms. The minimum Gasteiger partial charge on any atom is -0.423 e. The van der Waals surface area contributed by atoms with Crippen LogP contribution in [-0.2, 0) is 4.79 Å². The van der Waals surface area contributed by atoms with Crippen LogP contribution in [0.3, 0.4) is 0 Å². The number of hydrogen-bond acceptors (Lipinski definition) is 4. The zero-order chi connectivity index (χ0) is 17.1. The van der Waals surface area contributed by atoms with Crippen LogP contribution in [0.1, 0.15) is 12.5 Å². The molecule has 0 bridgehead atoms. The van der Waals surface area contributed by atoms with Crippen molar-refractivity contribution in [1.29, 1.82) is 0 Å². The number of rotatable bonds is 3. The van der Waals surface area contributed by atoms with Gasteiger partial charge in [0.2, 0.25) is 0 Å². The Balaban J connectivity index is 1.78. The summed E-state index contributed by atoms with van der Waals surface area (Å²) in [6, 6.07) is 18.4. The van der Waals surface area contributed by atoms with E-state index in [2.05, 4.69) is 0 Å². The summed E-state index contributed by atoms with van der Waals surface area (Å²) in [5, 5.41) is 1.97. The highest BCUT2D eigenvalue weighted by atomic mass is 16.5. The minimum atomic E-state index is -0.387. The zero-order valence-corrected chi connectivity index (χ0v) is 13.3. The van der Waals surface area contributed by atoms with Crippen molar-refractivity contribution in [3.8, 4) is 5.75 Å². The molecule has 4 nitrogen and oxygen atoms in total. The lowest BCUT2D eigenvalue weighted by Crippen LogP contribution is -2.09. The van der Waals surface area contributed by atoms with E-state index < -0.39 is 0 Å². The van der Waals surface area contributed by atoms with Crippen LogP contribution >= 0.6 is 0 Å². The molecule has 0 aliphatic heterocycles. The van der Waals surface area contributed by atoms with Crippen LogP contribution in [0.2, 0.25) is 0 Å². The van der Waals surface area contributed by atoms with Gasteiger partial charge in [-0.15, -0.1) is 0 Å². The summed E-state index contributed by atoms with van der Waals surface area (Å²) in [5.74, 6) is 0.115. The van der Waals surface area contributed by atoms with Gasteiger partial charge in [0.15, 0.2) is 0 Å². The van der Waals surface area contributed by atoms with Crippen LogP contribution in [0, 0.1) is 0 Å². The number of fused-ring (bicyclic) bond motifs is 1. The maximum Gasteiger partial charge on any atom is 0.339 e. The first-order chi connectivity index (χ1) is 11.5. The third kappa shape index (κ3) is 3.55. The quantitative estimate of drug-likeness (QED) is 0.331. The fourth-order valence-electron chi connectivity index (χ4n) is 2.39. The van der Waals surface area contributed by atoms with Crippen molar-refractivity contribution in [2.24, 2.45) is 0 Å². The van der Waals surface area contributed by atoms with Crippen molar-refractivity contribution in [1.82, 2.24) is 0 Å². The number of carbonyl (C=O) groups is 1. The molecule has 3 aromatic carbocycles. The van der Waals surface area contributed by atoms with E-state index in [0.717, 1.165) is 16.3 Å². The van der Waals surface area contributed by atoms with Gasteiger partial charge in [0.05, 0.1) is 0 Å². The summed E-state index contributed by atoms with van der Waals surface area (Å²) in [6.45, 7) is 1.72. The molecule has 4 N–H and O–H groups in total. The maximum absolute atomic E-state index is 12.2. The second kappa shape index (κ2) is 6.46. The van der Waals surface area contributed by atoms with E-state index in [1.807, 2.05) is 42.5 Å². The zero-order valence-electron chi connectivity index (χ0n) is 13.3. The SMILES string of the molecule is C/C(=C\c1ccc(N)cc1)C(=O)Oc1ccc2cc(N)ccc2c1. The standard InChI is InChI=1S/C20H18N2O2/c1-13(10-14-2-6-17(21)7-3-14)20(23)24-19-9-5-15-11-18(22)8-4-16(15)12-19/h2-12H,21-22H2,1H3/b13-10+. The molecule has 3 aromatic rings. The number of nitrogen functional groups attached to an aromatic ring is 2. The predicted octanol–water partition coefficient (Wildman–Crippen LogP) is 4.01. The summed E-state index contributed by atoms with van der Waals surface area (Å²) in [4.78, 5) is 12.2. The van der Waals surface area contributed by atoms with Crippen molar-refractivity contribution in [3.63, 3.8) is 0 Å². The fourth-order valence-corrected chi connectivity index (χ4v) is 2.39. The molecule has 0 aliphatic carbocycles. The van der Waals surface area contributed by atoms with Gasteiger partial charge in [-0.3, -0.25) is 0 Å². The molecule has 3 rings (SSSR count). The van der Waals surface area contributed by atoms with Crippen molar-refractivity contribution in [2.45, 2.75) is 6.92 Å². The molecule has 0 spiro atoms. The summed E-state index contributed by atoms with van der Waals surface area (Å²) < 4.78 is 5.45. The number of hydrogen-bond donors (Lipinski definition) is 2. The van der Waals surface area contributed by atoms with Crippen LogP contribution in [0.15, 0.2) is 66.2 Å². The molecule has 0 aliphatic rings. The Labute approximate surface area is 140 Å². The van der Waals surface area contributed by atoms with E-state index in [0.29, 0.717) is 22.7 Å². The second-order valence-electron chi connectivity index (χ2n) is 5.65. The highest BCUT2D eigenvalue weighted by Crippen LogP contribution is 2.23. The molecule has 0 saturated heterocycles. The second-order valence-corrected chi connectivity index (χ2v) is 5.65. The molecule has 0 fully saturated rings. The smallest absolute Gasteiger partial charge is 0.339 e. The van der Waals surface area contributed by atoms with Gasteiger partial charge in [-0.2, -0.15) is 0 Å². The van der Waals surface area contributed by atoms with Gasteiger partial charge in [-0.25, -0.2) is 4.79 Å². The molecular formula is C20H18N2O2. The molecule has 120 valence electrons. The van der Waals surface area contributed by atoms with E-state index in [-0.39, 0.29) is 5.97 Å². The number of benzene rings is 3. The molecule has 0 heterocycles. The average Bonchev–Trinajstić information content (AvgIpc) is 2.57. The Kier molecular flexibility index (Phi) is 4.20. The highest BCUT2D eigenvalue weighted by molar-refractivity contribution is 5.95. The van der Waals surface area contributed by atoms with E-state index in [1.54, 1.807) is 31.2 Å². The highest BCUT2D eigenvalue weighted by Gasteiger charge is 2.08. The van der Waals surface area contributed by atoms with Gasteiger partial charge < -0.3 is 16.2 Å². The van der Waals surface area contributed by atoms with E-state index in [1.165, 1.54) is 0 Å². The van der Waals surface area contributed by atoms with E-state index in [4.69, 9.17) is 16.2 Å². The molecule has 0 amide bonds. The van der Waals surface area contributed by atoms with Crippen LogP contribution in [0.25, 0.3) is 16.8 Å². The number of ether oxygens (including phenoxy) is 1. The first-order valence-corrected chi connectivity index (χ1v) is 7.56. The Morgan fingerprint density at radius 2 is 1.50 bits per heavy atom. The van der Waals surface area contributed by atoms with Crippen LogP contribution < -0.4 is 16.2 Å². The molecular weight excluding hydrogens is 300 g/mol. The Morgan fingerprint density at radius 3 is 2.25 bits per heavy atom. The maximum atomic E-state index is 12.2. The summed E-state index contributed by atoms with van der Waals surface area (Å²) in [7, 11) is 0. The van der Waals surface area contributed by atoms with Gasteiger partial charge in [0.25, 0.3) is 0 Å². The molecule has 4 heteroatoms. The van der Waals surface area contributed by atoms with Gasteiger partial charge >= 0.3 is 5.97 Å². The molecule has 0 aromatic heterocycles.